The van der Waals surface area contributed by atoms with Crippen LogP contribution in [-0.2, 0) is 4.79 Å². The summed E-state index contributed by atoms with van der Waals surface area (Å²) in [6, 6.07) is 0. The van der Waals surface area contributed by atoms with Crippen LogP contribution in [0.2, 0.25) is 0 Å². The Morgan fingerprint density at radius 3 is 2.60 bits per heavy atom. The van der Waals surface area contributed by atoms with Gasteiger partial charge in [-0.2, -0.15) is 0 Å². The van der Waals surface area contributed by atoms with Crippen molar-refractivity contribution >= 4 is 5.91 Å². The van der Waals surface area contributed by atoms with Gasteiger partial charge in [-0.05, 0) is 13.8 Å². The summed E-state index contributed by atoms with van der Waals surface area (Å²) in [6.07, 6.45) is 3.12. The summed E-state index contributed by atoms with van der Waals surface area (Å²) in [5.41, 5.74) is 0. The van der Waals surface area contributed by atoms with Gasteiger partial charge in [-0.15, -0.1) is 0 Å². The highest BCUT2D eigenvalue weighted by atomic mass is 16.1. The monoisotopic (exact) mass is 142 g/mol. The molecule has 0 rings (SSSR count). The van der Waals surface area contributed by atoms with Gasteiger partial charge in [0.15, 0.2) is 0 Å². The van der Waals surface area contributed by atoms with E-state index in [9.17, 15) is 4.79 Å². The number of likely N-dealkylation sites (N-methyl/N-ethyl adjacent to an activating group) is 1. The molecular formula is C7H14N2O. The first-order chi connectivity index (χ1) is 4.81. The zero-order valence-electron chi connectivity index (χ0n) is 6.48. The zero-order chi connectivity index (χ0) is 7.82. The van der Waals surface area contributed by atoms with Gasteiger partial charge in [0, 0.05) is 25.4 Å². The quantitative estimate of drug-likeness (QED) is 0.552. The van der Waals surface area contributed by atoms with E-state index in [1.165, 1.54) is 6.08 Å². The second kappa shape index (κ2) is 6.13. The Balaban J connectivity index is 3.36. The number of carbonyl (C=O) groups excluding carboxylic acids is 1. The molecule has 0 aromatic heterocycles. The van der Waals surface area contributed by atoms with Crippen LogP contribution in [0.1, 0.15) is 13.8 Å². The van der Waals surface area contributed by atoms with Gasteiger partial charge in [-0.25, -0.2) is 0 Å². The van der Waals surface area contributed by atoms with Gasteiger partial charge < -0.3 is 10.6 Å². The van der Waals surface area contributed by atoms with E-state index >= 15 is 0 Å². The van der Waals surface area contributed by atoms with Gasteiger partial charge in [0.2, 0.25) is 5.91 Å². The van der Waals surface area contributed by atoms with Crippen LogP contribution < -0.4 is 10.6 Å². The van der Waals surface area contributed by atoms with Crippen LogP contribution in [-0.4, -0.2) is 19.0 Å². The van der Waals surface area contributed by atoms with E-state index in [2.05, 4.69) is 10.6 Å². The number of hydrogen-bond acceptors (Lipinski definition) is 2. The number of rotatable bonds is 4. The van der Waals surface area contributed by atoms with Crippen LogP contribution in [0, 0.1) is 0 Å². The van der Waals surface area contributed by atoms with Crippen LogP contribution in [0.5, 0.6) is 0 Å². The normalized spacial score (nSPS) is 9.80. The lowest BCUT2D eigenvalue weighted by Crippen LogP contribution is -2.20. The highest BCUT2D eigenvalue weighted by molar-refractivity contribution is 5.87. The number of hydrogen-bond donors (Lipinski definition) is 2. The predicted molar refractivity (Wildman–Crippen MR) is 41.5 cm³/mol. The molecule has 0 aliphatic heterocycles. The third-order valence-corrected chi connectivity index (χ3v) is 0.908. The minimum atomic E-state index is -0.0524. The van der Waals surface area contributed by atoms with E-state index in [1.54, 1.807) is 6.20 Å². The van der Waals surface area contributed by atoms with Crippen LogP contribution in [0.4, 0.5) is 0 Å². The molecule has 3 heteroatoms. The average Bonchev–Trinajstić information content (AvgIpc) is 1.89. The van der Waals surface area contributed by atoms with E-state index in [0.717, 1.165) is 6.54 Å². The van der Waals surface area contributed by atoms with Crippen LogP contribution >= 0.6 is 0 Å². The van der Waals surface area contributed by atoms with E-state index in [1.807, 2.05) is 13.8 Å². The summed E-state index contributed by atoms with van der Waals surface area (Å²) < 4.78 is 0. The maximum atomic E-state index is 10.7. The third kappa shape index (κ3) is 5.15. The lowest BCUT2D eigenvalue weighted by atomic mass is 10.5. The van der Waals surface area contributed by atoms with Crippen molar-refractivity contribution in [1.29, 1.82) is 0 Å². The van der Waals surface area contributed by atoms with E-state index in [0.29, 0.717) is 6.54 Å². The molecule has 0 saturated heterocycles. The molecule has 0 heterocycles. The third-order valence-electron chi connectivity index (χ3n) is 0.908. The molecule has 0 aromatic carbocycles. The fourth-order valence-electron chi connectivity index (χ4n) is 0.486. The minimum absolute atomic E-state index is 0.0524. The Bertz CT molecular complexity index is 121. The highest BCUT2D eigenvalue weighted by Crippen LogP contribution is 1.68. The van der Waals surface area contributed by atoms with Gasteiger partial charge >= 0.3 is 0 Å². The fraction of sp³-hybridized carbons (Fsp3) is 0.571. The van der Waals surface area contributed by atoms with Gasteiger partial charge in [-0.1, -0.05) is 0 Å². The van der Waals surface area contributed by atoms with Crippen LogP contribution in [0.25, 0.3) is 0 Å². The molecule has 3 nitrogen and oxygen atoms in total. The maximum Gasteiger partial charge on any atom is 0.245 e. The Kier molecular flexibility index (Phi) is 5.53. The van der Waals surface area contributed by atoms with Crippen LogP contribution in [0.3, 0.4) is 0 Å². The van der Waals surface area contributed by atoms with Crippen molar-refractivity contribution < 1.29 is 4.79 Å². The van der Waals surface area contributed by atoms with Crippen molar-refractivity contribution in [1.82, 2.24) is 10.6 Å². The molecule has 0 atom stereocenters. The number of amides is 1. The fourth-order valence-corrected chi connectivity index (χ4v) is 0.486. The largest absolute Gasteiger partial charge is 0.391 e. The number of nitrogens with one attached hydrogen (secondary N) is 2. The molecule has 0 saturated carbocycles. The second-order valence-electron chi connectivity index (χ2n) is 1.79. The Labute approximate surface area is 61.5 Å². The average molecular weight is 142 g/mol. The number of carbonyl (C=O) groups is 1. The minimum Gasteiger partial charge on any atom is -0.391 e. The molecule has 0 radical (unpaired) electrons. The molecule has 0 unspecified atom stereocenters. The summed E-state index contributed by atoms with van der Waals surface area (Å²) in [5, 5.41) is 5.53. The Hall–Kier alpha value is -0.990. The van der Waals surface area contributed by atoms with Crippen LogP contribution in [0.15, 0.2) is 12.3 Å². The predicted octanol–water partition coefficient (Wildman–Crippen LogP) is 0.246. The molecule has 10 heavy (non-hydrogen) atoms. The maximum absolute atomic E-state index is 10.7. The standard InChI is InChI=1S/C7H14N2O/c1-3-8-6-5-7(10)9-4-2/h5-6,8H,3-4H2,1-2H3,(H,9,10)/b6-5+. The zero-order valence-corrected chi connectivity index (χ0v) is 6.48. The molecular weight excluding hydrogens is 128 g/mol. The summed E-state index contributed by atoms with van der Waals surface area (Å²) in [4.78, 5) is 10.7. The van der Waals surface area contributed by atoms with Crippen molar-refractivity contribution in [3.8, 4) is 0 Å². The van der Waals surface area contributed by atoms with E-state index in [-0.39, 0.29) is 5.91 Å². The van der Waals surface area contributed by atoms with E-state index in [4.69, 9.17) is 0 Å². The van der Waals surface area contributed by atoms with Crippen molar-refractivity contribution in [2.75, 3.05) is 13.1 Å². The summed E-state index contributed by atoms with van der Waals surface area (Å²) >= 11 is 0. The molecule has 0 aliphatic rings. The molecule has 0 fully saturated rings. The van der Waals surface area contributed by atoms with Crippen molar-refractivity contribution in [2.45, 2.75) is 13.8 Å². The van der Waals surface area contributed by atoms with Gasteiger partial charge in [0.1, 0.15) is 0 Å². The Morgan fingerprint density at radius 1 is 1.40 bits per heavy atom. The lowest BCUT2D eigenvalue weighted by molar-refractivity contribution is -0.116. The Morgan fingerprint density at radius 2 is 2.10 bits per heavy atom. The second-order valence-corrected chi connectivity index (χ2v) is 1.79. The van der Waals surface area contributed by atoms with E-state index < -0.39 is 0 Å². The molecule has 1 amide bonds. The summed E-state index contributed by atoms with van der Waals surface area (Å²) in [6.45, 7) is 5.38. The summed E-state index contributed by atoms with van der Waals surface area (Å²) in [7, 11) is 0. The van der Waals surface area contributed by atoms with Crippen molar-refractivity contribution in [3.05, 3.63) is 12.3 Å². The summed E-state index contributed by atoms with van der Waals surface area (Å²) in [5.74, 6) is -0.0524. The molecule has 58 valence electrons. The van der Waals surface area contributed by atoms with Crippen molar-refractivity contribution in [3.63, 3.8) is 0 Å². The molecule has 0 bridgehead atoms. The molecule has 2 N–H and O–H groups in total. The van der Waals surface area contributed by atoms with Gasteiger partial charge in [0.05, 0.1) is 0 Å². The smallest absolute Gasteiger partial charge is 0.245 e. The lowest BCUT2D eigenvalue weighted by Gasteiger charge is -1.94. The molecule has 0 spiro atoms. The highest BCUT2D eigenvalue weighted by Gasteiger charge is 1.87. The SMILES string of the molecule is CCN/C=C/C(=O)NCC. The molecule has 0 aromatic rings. The first kappa shape index (κ1) is 9.01. The topological polar surface area (TPSA) is 41.1 Å². The molecule has 0 aliphatic carbocycles. The first-order valence-electron chi connectivity index (χ1n) is 3.49. The van der Waals surface area contributed by atoms with Gasteiger partial charge in [0.25, 0.3) is 0 Å². The first-order valence-corrected chi connectivity index (χ1v) is 3.49. The van der Waals surface area contributed by atoms with Gasteiger partial charge in [-0.3, -0.25) is 4.79 Å². The van der Waals surface area contributed by atoms with Crippen molar-refractivity contribution in [2.24, 2.45) is 0 Å².